The lowest BCUT2D eigenvalue weighted by molar-refractivity contribution is 0.503. The Labute approximate surface area is 57.6 Å². The fraction of sp³-hybridized carbons (Fsp3) is 1.00. The molecule has 0 fully saturated rings. The third kappa shape index (κ3) is 4.43. The molecular formula is C7H18N2. The number of hydrogen-bond donors (Lipinski definition) is 2. The van der Waals surface area contributed by atoms with Crippen LogP contribution in [0, 0.1) is 0 Å². The summed E-state index contributed by atoms with van der Waals surface area (Å²) in [6.45, 7) is 4.12. The molecule has 0 saturated heterocycles. The van der Waals surface area contributed by atoms with Crippen LogP contribution in [0.5, 0.6) is 0 Å². The first-order chi connectivity index (χ1) is 4.18. The van der Waals surface area contributed by atoms with Gasteiger partial charge in [-0.3, -0.25) is 0 Å². The summed E-state index contributed by atoms with van der Waals surface area (Å²) in [7, 11) is 0. The van der Waals surface area contributed by atoms with Crippen LogP contribution in [0.25, 0.3) is 0 Å². The van der Waals surface area contributed by atoms with Crippen molar-refractivity contribution in [3.05, 3.63) is 0 Å². The first-order valence-electron chi connectivity index (χ1n) is 3.69. The highest BCUT2D eigenvalue weighted by atomic mass is 14.8. The van der Waals surface area contributed by atoms with E-state index in [1.165, 1.54) is 12.8 Å². The molecule has 0 aromatic rings. The monoisotopic (exact) mass is 130 g/mol. The van der Waals surface area contributed by atoms with Gasteiger partial charge in [-0.05, 0) is 13.3 Å². The molecule has 0 aliphatic rings. The number of hydrogen-bond acceptors (Lipinski definition) is 2. The summed E-state index contributed by atoms with van der Waals surface area (Å²) in [5, 5.41) is 0. The van der Waals surface area contributed by atoms with Gasteiger partial charge in [0.05, 0.1) is 0 Å². The maximum Gasteiger partial charge on any atom is 0.0189 e. The fourth-order valence-corrected chi connectivity index (χ4v) is 0.703. The molecule has 0 aliphatic heterocycles. The Morgan fingerprint density at radius 3 is 2.22 bits per heavy atom. The standard InChI is InChI=1S/C7H18N2/c1-3-4-5-7(9)6(2)8/h6-7H,3-5,8-9H2,1-2H3. The summed E-state index contributed by atoms with van der Waals surface area (Å²) in [5.74, 6) is 0. The summed E-state index contributed by atoms with van der Waals surface area (Å²) in [6.07, 6.45) is 3.47. The van der Waals surface area contributed by atoms with Crippen molar-refractivity contribution >= 4 is 0 Å². The summed E-state index contributed by atoms with van der Waals surface area (Å²) in [6, 6.07) is 0.349. The van der Waals surface area contributed by atoms with Crippen molar-refractivity contribution in [2.24, 2.45) is 11.5 Å². The van der Waals surface area contributed by atoms with Crippen LogP contribution >= 0.6 is 0 Å². The van der Waals surface area contributed by atoms with E-state index in [2.05, 4.69) is 6.92 Å². The predicted octanol–water partition coefficient (Wildman–Crippen LogP) is 0.851. The molecule has 0 rings (SSSR count). The molecule has 2 heteroatoms. The van der Waals surface area contributed by atoms with Gasteiger partial charge in [-0.2, -0.15) is 0 Å². The van der Waals surface area contributed by atoms with Crippen LogP contribution in [-0.2, 0) is 0 Å². The van der Waals surface area contributed by atoms with Crippen molar-refractivity contribution in [2.75, 3.05) is 0 Å². The molecule has 2 atom stereocenters. The Morgan fingerprint density at radius 1 is 1.33 bits per heavy atom. The molecular weight excluding hydrogens is 112 g/mol. The molecule has 2 nitrogen and oxygen atoms in total. The third-order valence-electron chi connectivity index (χ3n) is 1.57. The Balaban J connectivity index is 3.16. The smallest absolute Gasteiger partial charge is 0.0189 e. The van der Waals surface area contributed by atoms with E-state index in [9.17, 15) is 0 Å². The van der Waals surface area contributed by atoms with E-state index < -0.39 is 0 Å². The zero-order chi connectivity index (χ0) is 7.28. The SMILES string of the molecule is CCCCC(N)C(C)N. The predicted molar refractivity (Wildman–Crippen MR) is 41.1 cm³/mol. The minimum atomic E-state index is 0.150. The molecule has 0 aliphatic carbocycles. The zero-order valence-electron chi connectivity index (χ0n) is 6.43. The van der Waals surface area contributed by atoms with E-state index in [4.69, 9.17) is 11.5 Å². The second kappa shape index (κ2) is 4.77. The van der Waals surface area contributed by atoms with E-state index in [1.807, 2.05) is 6.92 Å². The van der Waals surface area contributed by atoms with Crippen LogP contribution in [0.15, 0.2) is 0 Å². The Morgan fingerprint density at radius 2 is 1.89 bits per heavy atom. The van der Waals surface area contributed by atoms with Crippen molar-refractivity contribution in [1.82, 2.24) is 0 Å². The van der Waals surface area contributed by atoms with E-state index in [0.717, 1.165) is 6.42 Å². The summed E-state index contributed by atoms with van der Waals surface area (Å²) < 4.78 is 0. The number of rotatable bonds is 4. The molecule has 0 amide bonds. The average molecular weight is 130 g/mol. The van der Waals surface area contributed by atoms with Crippen molar-refractivity contribution in [3.8, 4) is 0 Å². The van der Waals surface area contributed by atoms with Crippen molar-refractivity contribution < 1.29 is 0 Å². The first-order valence-corrected chi connectivity index (χ1v) is 3.69. The topological polar surface area (TPSA) is 52.0 Å². The number of nitrogens with two attached hydrogens (primary N) is 2. The van der Waals surface area contributed by atoms with Crippen LogP contribution in [-0.4, -0.2) is 12.1 Å². The maximum atomic E-state index is 5.68. The highest BCUT2D eigenvalue weighted by Gasteiger charge is 2.05. The molecule has 0 spiro atoms. The van der Waals surface area contributed by atoms with E-state index >= 15 is 0 Å². The molecule has 0 heterocycles. The van der Waals surface area contributed by atoms with Crippen LogP contribution in [0.4, 0.5) is 0 Å². The van der Waals surface area contributed by atoms with Gasteiger partial charge < -0.3 is 11.5 Å². The third-order valence-corrected chi connectivity index (χ3v) is 1.57. The molecule has 56 valence electrons. The molecule has 0 bridgehead atoms. The van der Waals surface area contributed by atoms with Gasteiger partial charge in [0.2, 0.25) is 0 Å². The largest absolute Gasteiger partial charge is 0.327 e. The summed E-state index contributed by atoms with van der Waals surface area (Å²) in [5.41, 5.74) is 11.2. The quantitative estimate of drug-likeness (QED) is 0.592. The molecule has 2 unspecified atom stereocenters. The van der Waals surface area contributed by atoms with Gasteiger partial charge in [0.1, 0.15) is 0 Å². The van der Waals surface area contributed by atoms with Gasteiger partial charge in [0.25, 0.3) is 0 Å². The van der Waals surface area contributed by atoms with E-state index in [0.29, 0.717) is 0 Å². The summed E-state index contributed by atoms with van der Waals surface area (Å²) >= 11 is 0. The van der Waals surface area contributed by atoms with Crippen LogP contribution in [0.2, 0.25) is 0 Å². The lowest BCUT2D eigenvalue weighted by Crippen LogP contribution is -2.38. The molecule has 0 radical (unpaired) electrons. The van der Waals surface area contributed by atoms with Crippen molar-refractivity contribution in [2.45, 2.75) is 45.2 Å². The second-order valence-electron chi connectivity index (χ2n) is 2.67. The minimum absolute atomic E-state index is 0.150. The highest BCUT2D eigenvalue weighted by molar-refractivity contribution is 4.70. The molecule has 9 heavy (non-hydrogen) atoms. The van der Waals surface area contributed by atoms with Gasteiger partial charge in [0.15, 0.2) is 0 Å². The van der Waals surface area contributed by atoms with Gasteiger partial charge in [-0.1, -0.05) is 19.8 Å². The van der Waals surface area contributed by atoms with Gasteiger partial charge in [-0.25, -0.2) is 0 Å². The molecule has 0 saturated carbocycles. The highest BCUT2D eigenvalue weighted by Crippen LogP contribution is 1.99. The lowest BCUT2D eigenvalue weighted by Gasteiger charge is -2.13. The van der Waals surface area contributed by atoms with Gasteiger partial charge in [0, 0.05) is 12.1 Å². The van der Waals surface area contributed by atoms with E-state index in [1.54, 1.807) is 0 Å². The maximum absolute atomic E-state index is 5.68. The van der Waals surface area contributed by atoms with Crippen LogP contribution < -0.4 is 11.5 Å². The Hall–Kier alpha value is -0.0800. The fourth-order valence-electron chi connectivity index (χ4n) is 0.703. The normalized spacial score (nSPS) is 17.3. The Bertz CT molecular complexity index is 61.9. The van der Waals surface area contributed by atoms with Crippen molar-refractivity contribution in [3.63, 3.8) is 0 Å². The van der Waals surface area contributed by atoms with Gasteiger partial charge >= 0.3 is 0 Å². The van der Waals surface area contributed by atoms with Gasteiger partial charge in [-0.15, -0.1) is 0 Å². The summed E-state index contributed by atoms with van der Waals surface area (Å²) in [4.78, 5) is 0. The Kier molecular flexibility index (Phi) is 4.72. The second-order valence-corrected chi connectivity index (χ2v) is 2.67. The average Bonchev–Trinajstić information content (AvgIpc) is 1.82. The zero-order valence-corrected chi connectivity index (χ0v) is 6.43. The lowest BCUT2D eigenvalue weighted by atomic mass is 10.1. The molecule has 4 N–H and O–H groups in total. The van der Waals surface area contributed by atoms with Crippen LogP contribution in [0.3, 0.4) is 0 Å². The minimum Gasteiger partial charge on any atom is -0.327 e. The van der Waals surface area contributed by atoms with Crippen LogP contribution in [0.1, 0.15) is 33.1 Å². The van der Waals surface area contributed by atoms with Crippen molar-refractivity contribution in [1.29, 1.82) is 0 Å². The molecule has 0 aromatic heterocycles. The number of unbranched alkanes of at least 4 members (excludes halogenated alkanes) is 1. The molecule has 0 aromatic carbocycles. The van der Waals surface area contributed by atoms with E-state index in [-0.39, 0.29) is 12.1 Å². The first kappa shape index (κ1) is 8.92.